The van der Waals surface area contributed by atoms with Crippen LogP contribution >= 0.6 is 0 Å². The Morgan fingerprint density at radius 1 is 0.562 bits per heavy atom. The van der Waals surface area contributed by atoms with Crippen LogP contribution in [-0.4, -0.2) is 159 Å². The van der Waals surface area contributed by atoms with Gasteiger partial charge in [-0.05, 0) is 158 Å². The van der Waals surface area contributed by atoms with Crippen LogP contribution in [-0.2, 0) is 34.5 Å². The summed E-state index contributed by atoms with van der Waals surface area (Å²) in [7, 11) is 1.50. The summed E-state index contributed by atoms with van der Waals surface area (Å²) in [4.78, 5) is 98.5. The SMILES string of the molecule is C=CCOC(=O)N[C@H](C(=O)N[C@@H](C)C(=O)Nc1ccc(COC(=O)Nc2cc(OCCCCCOc3cc(NC(=O)O)c(C(=O)N4C=C(c5ccc(OC)cc5)C[C@H]4CO[Si](C)(C)C(C)(C)C)cc3OC)c(OC)cc2C(=O)N2C=C(c3ccc(OC)cc3)C[C@H]2CO[Si](C)(C)C(C)(C)C)cc1)C(C)C. The highest BCUT2D eigenvalue weighted by Crippen LogP contribution is 2.43. The normalized spacial score (nSPS) is 15.1. The second-order valence-electron chi connectivity index (χ2n) is 29.2. The number of methoxy groups -OCH3 is 4. The van der Waals surface area contributed by atoms with E-state index in [-0.39, 0.29) is 101 Å². The van der Waals surface area contributed by atoms with Gasteiger partial charge in [-0.3, -0.25) is 29.8 Å². The number of nitrogens with one attached hydrogen (secondary N) is 5. The maximum absolute atomic E-state index is 15.4. The lowest BCUT2D eigenvalue weighted by Crippen LogP contribution is -2.53. The van der Waals surface area contributed by atoms with E-state index in [0.29, 0.717) is 54.9 Å². The molecule has 27 heteroatoms. The third kappa shape index (κ3) is 22.4. The number of nitrogens with zero attached hydrogens (tertiary/aromatic N) is 2. The van der Waals surface area contributed by atoms with Gasteiger partial charge in [-0.25, -0.2) is 14.4 Å². The molecule has 2 heterocycles. The molecule has 0 unspecified atom stereocenters. The van der Waals surface area contributed by atoms with Crippen molar-refractivity contribution < 1.29 is 85.4 Å². The van der Waals surface area contributed by atoms with Gasteiger partial charge in [0, 0.05) is 30.2 Å². The van der Waals surface area contributed by atoms with E-state index in [1.54, 1.807) is 68.3 Å². The fourth-order valence-electron chi connectivity index (χ4n) is 10.9. The number of carboxylic acid groups (broad SMARTS) is 1. The first kappa shape index (κ1) is 82.4. The Hall–Kier alpha value is -9.84. The van der Waals surface area contributed by atoms with Gasteiger partial charge in [0.05, 0.1) is 89.5 Å². The van der Waals surface area contributed by atoms with Gasteiger partial charge in [0.15, 0.2) is 39.6 Å². The van der Waals surface area contributed by atoms with E-state index in [9.17, 15) is 33.9 Å². The molecule has 2 aliphatic heterocycles. The molecule has 2 aliphatic rings. The molecule has 0 bridgehead atoms. The smallest absolute Gasteiger partial charge is 0.411 e. The first-order valence-electron chi connectivity index (χ1n) is 35.1. The van der Waals surface area contributed by atoms with E-state index in [1.165, 1.54) is 51.5 Å². The number of amides is 7. The zero-order chi connectivity index (χ0) is 77.1. The second-order valence-corrected chi connectivity index (χ2v) is 38.8. The molecule has 4 atom stereocenters. The van der Waals surface area contributed by atoms with Gasteiger partial charge in [-0.1, -0.05) is 104 Å². The quantitative estimate of drug-likeness (QED) is 0.0127. The molecule has 6 N–H and O–H groups in total. The highest BCUT2D eigenvalue weighted by Gasteiger charge is 2.42. The molecule has 0 saturated carbocycles. The summed E-state index contributed by atoms with van der Waals surface area (Å²) in [6.45, 7) is 30.6. The fourth-order valence-corrected chi connectivity index (χ4v) is 13.0. The zero-order valence-corrected chi connectivity index (χ0v) is 65.6. The first-order chi connectivity index (χ1) is 49.6. The van der Waals surface area contributed by atoms with Crippen LogP contribution in [0.25, 0.3) is 11.1 Å². The standard InChI is InChI=1S/C78H105N7O18Si2/c1-19-35-100-76(93)83-69(49(2)3)71(87)79-50(4)70(86)80-56-29-23-51(24-30-56)46-101-75(92)82-64-43-68(66(97-14)41-62(64)73(89)85-45-55(53-27-33-60(95-12)34-28-53)39-58(85)48-103-105(17,18)78(8,9)10)99-37-22-20-21-36-98-67-42-63(81-74(90)91)61(40-65(67)96-13)72(88)84-44-54(52-25-31-59(94-11)32-26-52)38-57(84)47-102-104(15,16)77(5,6)7/h19,23-34,40-45,49-50,57-58,69,81H,1,20-22,35-39,46-48H2,2-18H3,(H,79,87)(H,80,86)(H,82,92)(H,83,93)(H,90,91)/t50-,57-,58-,69-/m0/s1. The van der Waals surface area contributed by atoms with Gasteiger partial charge in [0.25, 0.3) is 11.8 Å². The summed E-state index contributed by atoms with van der Waals surface area (Å²) in [5.41, 5.74) is 4.71. The summed E-state index contributed by atoms with van der Waals surface area (Å²) in [5.74, 6) is -0.132. The van der Waals surface area contributed by atoms with Crippen LogP contribution < -0.4 is 55.0 Å². The summed E-state index contributed by atoms with van der Waals surface area (Å²) < 4.78 is 59.4. The number of rotatable bonds is 34. The van der Waals surface area contributed by atoms with E-state index in [0.717, 1.165) is 22.3 Å². The van der Waals surface area contributed by atoms with Crippen LogP contribution in [0.1, 0.15) is 132 Å². The third-order valence-electron chi connectivity index (χ3n) is 19.3. The van der Waals surface area contributed by atoms with E-state index in [2.05, 4.69) is 101 Å². The molecule has 0 aromatic heterocycles. The molecular weight excluding hydrogens is 1380 g/mol. The zero-order valence-electron chi connectivity index (χ0n) is 63.6. The predicted octanol–water partition coefficient (Wildman–Crippen LogP) is 15.1. The van der Waals surface area contributed by atoms with Crippen LogP contribution in [0.15, 0.2) is 122 Å². The highest BCUT2D eigenvalue weighted by atomic mass is 28.4. The van der Waals surface area contributed by atoms with E-state index < -0.39 is 82.7 Å². The minimum Gasteiger partial charge on any atom is -0.497 e. The van der Waals surface area contributed by atoms with Gasteiger partial charge in [-0.15, -0.1) is 0 Å². The first-order valence-corrected chi connectivity index (χ1v) is 40.9. The van der Waals surface area contributed by atoms with Crippen molar-refractivity contribution in [2.24, 2.45) is 5.92 Å². The minimum absolute atomic E-state index is 0.00579. The van der Waals surface area contributed by atoms with Gasteiger partial charge >= 0.3 is 18.3 Å². The minimum atomic E-state index is -2.33. The van der Waals surface area contributed by atoms with Gasteiger partial charge in [-0.2, -0.15) is 0 Å². The van der Waals surface area contributed by atoms with E-state index >= 15 is 4.79 Å². The van der Waals surface area contributed by atoms with Crippen LogP contribution in [0, 0.1) is 5.92 Å². The average molecular weight is 1480 g/mol. The Morgan fingerprint density at radius 2 is 1.02 bits per heavy atom. The Bertz CT molecular complexity index is 3940. The summed E-state index contributed by atoms with van der Waals surface area (Å²) in [5, 5.41) is 23.0. The maximum Gasteiger partial charge on any atom is 0.411 e. The number of benzene rings is 5. The molecule has 0 radical (unpaired) electrons. The topological polar surface area (TPSA) is 299 Å². The summed E-state index contributed by atoms with van der Waals surface area (Å²) in [6, 6.07) is 24.8. The number of unbranched alkanes of at least 4 members (excludes halogenated alkanes) is 2. The number of carbonyl (C=O) groups excluding carboxylic acids is 6. The second kappa shape index (κ2) is 36.7. The number of alkyl carbamates (subject to hydrolysis) is 1. The Balaban J connectivity index is 1.07. The molecule has 0 aliphatic carbocycles. The van der Waals surface area contributed by atoms with Crippen molar-refractivity contribution in [2.45, 2.75) is 161 Å². The van der Waals surface area contributed by atoms with Crippen molar-refractivity contribution in [1.29, 1.82) is 0 Å². The molecule has 0 spiro atoms. The highest BCUT2D eigenvalue weighted by molar-refractivity contribution is 6.74. The molecule has 7 amide bonds. The summed E-state index contributed by atoms with van der Waals surface area (Å²) >= 11 is 0. The molecule has 0 saturated heterocycles. The van der Waals surface area contributed by atoms with Gasteiger partial charge in [0.2, 0.25) is 11.8 Å². The van der Waals surface area contributed by atoms with Crippen molar-refractivity contribution in [3.63, 3.8) is 0 Å². The lowest BCUT2D eigenvalue weighted by atomic mass is 10.0. The largest absolute Gasteiger partial charge is 0.497 e. The van der Waals surface area contributed by atoms with E-state index in [4.69, 9.17) is 46.7 Å². The Labute approximate surface area is 618 Å². The maximum atomic E-state index is 15.4. The monoisotopic (exact) mass is 1480 g/mol. The van der Waals surface area contributed by atoms with E-state index in [1.807, 2.05) is 54.7 Å². The number of carbonyl (C=O) groups is 7. The third-order valence-corrected chi connectivity index (χ3v) is 28.3. The van der Waals surface area contributed by atoms with Gasteiger partial charge in [0.1, 0.15) is 36.8 Å². The number of hydrogen-bond donors (Lipinski definition) is 6. The average Bonchev–Trinajstić information content (AvgIpc) is 1.72. The molecule has 25 nitrogen and oxygen atoms in total. The van der Waals surface area contributed by atoms with Gasteiger partial charge < -0.3 is 77.6 Å². The van der Waals surface area contributed by atoms with Crippen LogP contribution in [0.2, 0.25) is 36.3 Å². The predicted molar refractivity (Wildman–Crippen MR) is 410 cm³/mol. The summed E-state index contributed by atoms with van der Waals surface area (Å²) in [6.07, 6.45) is 4.49. The van der Waals surface area contributed by atoms with Crippen molar-refractivity contribution in [2.75, 3.05) is 77.4 Å². The number of anilines is 3. The van der Waals surface area contributed by atoms with Crippen LogP contribution in [0.4, 0.5) is 31.4 Å². The molecule has 5 aromatic carbocycles. The van der Waals surface area contributed by atoms with Crippen molar-refractivity contribution >= 4 is 86.8 Å². The molecule has 105 heavy (non-hydrogen) atoms. The number of hydrogen-bond acceptors (Lipinski definition) is 17. The Morgan fingerprint density at radius 3 is 1.43 bits per heavy atom. The lowest BCUT2D eigenvalue weighted by Gasteiger charge is -2.38. The molecule has 568 valence electrons. The Kier molecular flexibility index (Phi) is 28.8. The fraction of sp³-hybridized carbons (Fsp3) is 0.449. The van der Waals surface area contributed by atoms with Crippen molar-refractivity contribution in [1.82, 2.24) is 20.4 Å². The molecule has 0 fully saturated rings. The van der Waals surface area contributed by atoms with Crippen LogP contribution in [0.3, 0.4) is 0 Å². The van der Waals surface area contributed by atoms with Crippen molar-refractivity contribution in [3.05, 3.63) is 150 Å². The molecule has 5 aromatic rings. The van der Waals surface area contributed by atoms with Crippen molar-refractivity contribution in [3.8, 4) is 34.5 Å². The molecule has 7 rings (SSSR count). The lowest BCUT2D eigenvalue weighted by molar-refractivity contribution is -0.128. The number of ether oxygens (including phenoxy) is 8. The van der Waals surface area contributed by atoms with Crippen LogP contribution in [0.5, 0.6) is 34.5 Å². The molecular formula is C78H105N7O18Si2.